The lowest BCUT2D eigenvalue weighted by Gasteiger charge is -2.20. The molecule has 0 aromatic heterocycles. The summed E-state index contributed by atoms with van der Waals surface area (Å²) in [5, 5.41) is 2.84. The second-order valence-electron chi connectivity index (χ2n) is 5.56. The van der Waals surface area contributed by atoms with E-state index < -0.39 is 0 Å². The number of rotatable bonds is 6. The van der Waals surface area contributed by atoms with Gasteiger partial charge < -0.3 is 19.7 Å². The Labute approximate surface area is 136 Å². The minimum atomic E-state index is -0.162. The number of hydrogen-bond acceptors (Lipinski definition) is 4. The van der Waals surface area contributed by atoms with Crippen molar-refractivity contribution in [1.29, 1.82) is 0 Å². The summed E-state index contributed by atoms with van der Waals surface area (Å²) in [6.45, 7) is 1.11. The number of carbonyl (C=O) groups excluding carboxylic acids is 2. The fourth-order valence-corrected chi connectivity index (χ4v) is 2.72. The van der Waals surface area contributed by atoms with Gasteiger partial charge in [0.1, 0.15) is 0 Å². The Morgan fingerprint density at radius 1 is 1.22 bits per heavy atom. The van der Waals surface area contributed by atoms with Gasteiger partial charge in [0.15, 0.2) is 11.5 Å². The van der Waals surface area contributed by atoms with Crippen LogP contribution >= 0.6 is 0 Å². The van der Waals surface area contributed by atoms with Gasteiger partial charge in [0.25, 0.3) is 0 Å². The molecule has 0 radical (unpaired) electrons. The van der Waals surface area contributed by atoms with E-state index in [1.54, 1.807) is 25.2 Å². The molecule has 6 heteroatoms. The summed E-state index contributed by atoms with van der Waals surface area (Å²) in [7, 11) is 3.14. The molecule has 1 aromatic carbocycles. The van der Waals surface area contributed by atoms with Crippen molar-refractivity contribution < 1.29 is 19.1 Å². The number of amides is 2. The van der Waals surface area contributed by atoms with Gasteiger partial charge in [0, 0.05) is 25.1 Å². The molecule has 0 atom stereocenters. The molecule has 23 heavy (non-hydrogen) atoms. The summed E-state index contributed by atoms with van der Waals surface area (Å²) in [5.74, 6) is 1.14. The van der Waals surface area contributed by atoms with Crippen LogP contribution in [0.4, 0.5) is 0 Å². The minimum Gasteiger partial charge on any atom is -0.493 e. The topological polar surface area (TPSA) is 67.9 Å². The van der Waals surface area contributed by atoms with Gasteiger partial charge in [-0.25, -0.2) is 0 Å². The van der Waals surface area contributed by atoms with E-state index in [1.807, 2.05) is 12.1 Å². The molecule has 1 aliphatic heterocycles. The van der Waals surface area contributed by atoms with E-state index in [-0.39, 0.29) is 18.4 Å². The summed E-state index contributed by atoms with van der Waals surface area (Å²) in [5.41, 5.74) is 0.836. The zero-order valence-electron chi connectivity index (χ0n) is 13.8. The van der Waals surface area contributed by atoms with E-state index in [2.05, 4.69) is 5.32 Å². The van der Waals surface area contributed by atoms with Crippen LogP contribution in [0, 0.1) is 0 Å². The summed E-state index contributed by atoms with van der Waals surface area (Å²) >= 11 is 0. The molecule has 6 nitrogen and oxygen atoms in total. The van der Waals surface area contributed by atoms with Crippen LogP contribution in [0.3, 0.4) is 0 Å². The first-order valence-electron chi connectivity index (χ1n) is 7.90. The van der Waals surface area contributed by atoms with Crippen molar-refractivity contribution in [2.24, 2.45) is 0 Å². The number of methoxy groups -OCH3 is 2. The zero-order chi connectivity index (χ0) is 16.7. The van der Waals surface area contributed by atoms with Gasteiger partial charge in [-0.1, -0.05) is 18.6 Å². The maximum atomic E-state index is 12.1. The second kappa shape index (κ2) is 8.41. The minimum absolute atomic E-state index is 0.0663. The number of likely N-dealkylation sites (tertiary alicyclic amines) is 1. The predicted molar refractivity (Wildman–Crippen MR) is 86.4 cm³/mol. The summed E-state index contributed by atoms with van der Waals surface area (Å²) in [4.78, 5) is 25.7. The largest absolute Gasteiger partial charge is 0.493 e. The van der Waals surface area contributed by atoms with E-state index in [0.717, 1.165) is 24.8 Å². The van der Waals surface area contributed by atoms with Crippen molar-refractivity contribution >= 4 is 11.8 Å². The SMILES string of the molecule is COc1cccc(CNC(=O)CN2CCCCCC2=O)c1OC. The van der Waals surface area contributed by atoms with Gasteiger partial charge in [0.05, 0.1) is 20.8 Å². The average molecular weight is 320 g/mol. The molecule has 126 valence electrons. The van der Waals surface area contributed by atoms with Crippen molar-refractivity contribution in [3.8, 4) is 11.5 Å². The third kappa shape index (κ3) is 4.61. The number of carbonyl (C=O) groups is 2. The first-order chi connectivity index (χ1) is 11.2. The van der Waals surface area contributed by atoms with Gasteiger partial charge in [0.2, 0.25) is 11.8 Å². The fourth-order valence-electron chi connectivity index (χ4n) is 2.72. The maximum Gasteiger partial charge on any atom is 0.239 e. The third-order valence-corrected chi connectivity index (χ3v) is 3.97. The van der Waals surface area contributed by atoms with Gasteiger partial charge in [-0.2, -0.15) is 0 Å². The Morgan fingerprint density at radius 2 is 2.04 bits per heavy atom. The molecule has 1 heterocycles. The molecule has 1 fully saturated rings. The Morgan fingerprint density at radius 3 is 2.78 bits per heavy atom. The van der Waals surface area contributed by atoms with Crippen LogP contribution in [0.5, 0.6) is 11.5 Å². The van der Waals surface area contributed by atoms with Crippen LogP contribution in [-0.2, 0) is 16.1 Å². The number of para-hydroxylation sites is 1. The standard InChI is InChI=1S/C17H24N2O4/c1-22-14-8-6-7-13(17(14)23-2)11-18-15(20)12-19-10-5-3-4-9-16(19)21/h6-8H,3-5,9-12H2,1-2H3,(H,18,20). The molecule has 2 amide bonds. The van der Waals surface area contributed by atoms with Crippen LogP contribution in [-0.4, -0.2) is 44.0 Å². The molecule has 1 aromatic rings. The highest BCUT2D eigenvalue weighted by atomic mass is 16.5. The Bertz CT molecular complexity index is 560. The molecule has 0 aliphatic carbocycles. The number of nitrogens with zero attached hydrogens (tertiary/aromatic N) is 1. The molecule has 0 saturated carbocycles. The fraction of sp³-hybridized carbons (Fsp3) is 0.529. The lowest BCUT2D eigenvalue weighted by molar-refractivity contribution is -0.135. The van der Waals surface area contributed by atoms with Crippen LogP contribution < -0.4 is 14.8 Å². The van der Waals surface area contributed by atoms with Crippen LogP contribution in [0.1, 0.15) is 31.2 Å². The molecule has 1 saturated heterocycles. The van der Waals surface area contributed by atoms with Crippen LogP contribution in [0.2, 0.25) is 0 Å². The summed E-state index contributed by atoms with van der Waals surface area (Å²) in [6, 6.07) is 5.53. The van der Waals surface area contributed by atoms with E-state index in [1.165, 1.54) is 0 Å². The molecule has 2 rings (SSSR count). The number of ether oxygens (including phenoxy) is 2. The molecular formula is C17H24N2O4. The Kier molecular flexibility index (Phi) is 6.26. The van der Waals surface area contributed by atoms with Gasteiger partial charge in [-0.3, -0.25) is 9.59 Å². The first-order valence-corrected chi connectivity index (χ1v) is 7.90. The van der Waals surface area contributed by atoms with E-state index in [0.29, 0.717) is 31.0 Å². The van der Waals surface area contributed by atoms with Crippen LogP contribution in [0.25, 0.3) is 0 Å². The van der Waals surface area contributed by atoms with Gasteiger partial charge in [-0.05, 0) is 18.9 Å². The van der Waals surface area contributed by atoms with E-state index in [4.69, 9.17) is 9.47 Å². The van der Waals surface area contributed by atoms with E-state index in [9.17, 15) is 9.59 Å². The second-order valence-corrected chi connectivity index (χ2v) is 5.56. The highest BCUT2D eigenvalue weighted by Crippen LogP contribution is 2.30. The third-order valence-electron chi connectivity index (χ3n) is 3.97. The van der Waals surface area contributed by atoms with Crippen molar-refractivity contribution in [1.82, 2.24) is 10.2 Å². The Balaban J connectivity index is 1.92. The van der Waals surface area contributed by atoms with Crippen molar-refractivity contribution in [3.63, 3.8) is 0 Å². The van der Waals surface area contributed by atoms with Crippen molar-refractivity contribution in [3.05, 3.63) is 23.8 Å². The van der Waals surface area contributed by atoms with Crippen LogP contribution in [0.15, 0.2) is 18.2 Å². The summed E-state index contributed by atoms with van der Waals surface area (Å²) in [6.07, 6.45) is 3.46. The highest BCUT2D eigenvalue weighted by Gasteiger charge is 2.19. The lowest BCUT2D eigenvalue weighted by Crippen LogP contribution is -2.40. The van der Waals surface area contributed by atoms with E-state index >= 15 is 0 Å². The Hall–Kier alpha value is -2.24. The monoisotopic (exact) mass is 320 g/mol. The normalized spacial score (nSPS) is 15.0. The number of benzene rings is 1. The molecule has 0 unspecified atom stereocenters. The maximum absolute atomic E-state index is 12.1. The molecular weight excluding hydrogens is 296 g/mol. The van der Waals surface area contributed by atoms with Crippen molar-refractivity contribution in [2.75, 3.05) is 27.3 Å². The first kappa shape index (κ1) is 17.1. The van der Waals surface area contributed by atoms with Gasteiger partial charge in [-0.15, -0.1) is 0 Å². The predicted octanol–water partition coefficient (Wildman–Crippen LogP) is 1.72. The number of nitrogens with one attached hydrogen (secondary N) is 1. The van der Waals surface area contributed by atoms with Crippen molar-refractivity contribution in [2.45, 2.75) is 32.2 Å². The molecule has 0 bridgehead atoms. The average Bonchev–Trinajstić information content (AvgIpc) is 2.77. The molecule has 0 spiro atoms. The smallest absolute Gasteiger partial charge is 0.239 e. The van der Waals surface area contributed by atoms with Gasteiger partial charge >= 0.3 is 0 Å². The quantitative estimate of drug-likeness (QED) is 0.866. The number of hydrogen-bond donors (Lipinski definition) is 1. The molecule has 1 aliphatic rings. The highest BCUT2D eigenvalue weighted by molar-refractivity contribution is 5.84. The molecule has 1 N–H and O–H groups in total. The zero-order valence-corrected chi connectivity index (χ0v) is 13.8. The summed E-state index contributed by atoms with van der Waals surface area (Å²) < 4.78 is 10.6. The lowest BCUT2D eigenvalue weighted by atomic mass is 10.2.